The first kappa shape index (κ1) is 18.2. The maximum absolute atomic E-state index is 12.4. The van der Waals surface area contributed by atoms with Crippen molar-refractivity contribution in [3.05, 3.63) is 23.3 Å². The minimum absolute atomic E-state index is 0.354. The number of hydrogen-bond acceptors (Lipinski definition) is 1. The number of rotatable bonds is 10. The second kappa shape index (κ2) is 11.8. The highest BCUT2D eigenvalue weighted by atomic mass is 16.1. The van der Waals surface area contributed by atoms with Crippen molar-refractivity contribution in [1.29, 1.82) is 0 Å². The molecule has 1 aliphatic rings. The van der Waals surface area contributed by atoms with E-state index in [4.69, 9.17) is 0 Å². The van der Waals surface area contributed by atoms with Gasteiger partial charge in [-0.1, -0.05) is 64.5 Å². The predicted molar refractivity (Wildman–Crippen MR) is 92.5 cm³/mol. The summed E-state index contributed by atoms with van der Waals surface area (Å²) < 4.78 is 0. The molecule has 21 heavy (non-hydrogen) atoms. The lowest BCUT2D eigenvalue weighted by molar-refractivity contribution is -0.113. The van der Waals surface area contributed by atoms with E-state index in [1.165, 1.54) is 51.4 Å². The van der Waals surface area contributed by atoms with Crippen molar-refractivity contribution in [2.45, 2.75) is 97.3 Å². The fourth-order valence-electron chi connectivity index (χ4n) is 2.99. The largest absolute Gasteiger partial charge is 0.289 e. The molecule has 1 nitrogen and oxygen atoms in total. The van der Waals surface area contributed by atoms with E-state index >= 15 is 0 Å². The second-order valence-electron chi connectivity index (χ2n) is 6.34. The summed E-state index contributed by atoms with van der Waals surface area (Å²) in [7, 11) is 0. The number of carbonyl (C=O) groups is 1. The van der Waals surface area contributed by atoms with E-state index in [-0.39, 0.29) is 0 Å². The Bertz CT molecular complexity index is 317. The van der Waals surface area contributed by atoms with Gasteiger partial charge in [0, 0.05) is 0 Å². The van der Waals surface area contributed by atoms with E-state index in [0.29, 0.717) is 5.78 Å². The third-order valence-electron chi connectivity index (χ3n) is 4.37. The first-order valence-electron chi connectivity index (χ1n) is 9.22. The van der Waals surface area contributed by atoms with Crippen molar-refractivity contribution in [2.75, 3.05) is 0 Å². The fourth-order valence-corrected chi connectivity index (χ4v) is 2.99. The lowest BCUT2D eigenvalue weighted by atomic mass is 9.87. The fraction of sp³-hybridized carbons (Fsp3) is 0.750. The number of Topliss-reactive ketones (excluding diaryl/α,β-unsaturated/α-hetero) is 1. The number of hydrogen-bond donors (Lipinski definition) is 0. The van der Waals surface area contributed by atoms with Gasteiger partial charge in [0.2, 0.25) is 0 Å². The maximum atomic E-state index is 12.4. The Morgan fingerprint density at radius 2 is 1.24 bits per heavy atom. The summed E-state index contributed by atoms with van der Waals surface area (Å²) in [6, 6.07) is 0. The zero-order valence-electron chi connectivity index (χ0n) is 14.3. The molecular formula is C20H34O. The van der Waals surface area contributed by atoms with Crippen molar-refractivity contribution in [3.8, 4) is 0 Å². The molecule has 0 heterocycles. The SMILES string of the molecule is CCCCCC/C=C1/CCC/C(=C\CCCCCC)C1=O. The molecule has 0 saturated heterocycles. The van der Waals surface area contributed by atoms with E-state index in [1.54, 1.807) is 0 Å². The van der Waals surface area contributed by atoms with Crippen LogP contribution in [0.15, 0.2) is 23.3 Å². The van der Waals surface area contributed by atoms with Crippen molar-refractivity contribution >= 4 is 5.78 Å². The summed E-state index contributed by atoms with van der Waals surface area (Å²) in [5.41, 5.74) is 2.19. The van der Waals surface area contributed by atoms with E-state index < -0.39 is 0 Å². The Labute approximate surface area is 131 Å². The number of carbonyl (C=O) groups excluding carboxylic acids is 1. The average molecular weight is 290 g/mol. The summed E-state index contributed by atoms with van der Waals surface area (Å²) in [4.78, 5) is 12.4. The van der Waals surface area contributed by atoms with E-state index in [9.17, 15) is 4.79 Å². The van der Waals surface area contributed by atoms with Crippen LogP contribution in [-0.4, -0.2) is 5.78 Å². The molecule has 0 radical (unpaired) electrons. The molecule has 120 valence electrons. The van der Waals surface area contributed by atoms with Crippen LogP contribution in [0.3, 0.4) is 0 Å². The van der Waals surface area contributed by atoms with Gasteiger partial charge in [-0.3, -0.25) is 4.79 Å². The van der Waals surface area contributed by atoms with Gasteiger partial charge in [-0.25, -0.2) is 0 Å². The van der Waals surface area contributed by atoms with Crippen LogP contribution in [-0.2, 0) is 4.79 Å². The van der Waals surface area contributed by atoms with Crippen LogP contribution in [0.25, 0.3) is 0 Å². The van der Waals surface area contributed by atoms with Crippen molar-refractivity contribution < 1.29 is 4.79 Å². The normalized spacial score (nSPS) is 19.6. The monoisotopic (exact) mass is 290 g/mol. The molecule has 0 atom stereocenters. The van der Waals surface area contributed by atoms with Crippen molar-refractivity contribution in [1.82, 2.24) is 0 Å². The Morgan fingerprint density at radius 3 is 1.67 bits per heavy atom. The molecule has 0 unspecified atom stereocenters. The molecule has 0 N–H and O–H groups in total. The third-order valence-corrected chi connectivity index (χ3v) is 4.37. The van der Waals surface area contributed by atoms with Crippen LogP contribution in [0.1, 0.15) is 97.3 Å². The van der Waals surface area contributed by atoms with Gasteiger partial charge in [0.25, 0.3) is 0 Å². The molecule has 1 rings (SSSR count). The minimum Gasteiger partial charge on any atom is -0.289 e. The summed E-state index contributed by atoms with van der Waals surface area (Å²) in [5.74, 6) is 0.354. The number of allylic oxidation sites excluding steroid dienone is 4. The summed E-state index contributed by atoms with van der Waals surface area (Å²) in [6.45, 7) is 4.47. The van der Waals surface area contributed by atoms with Crippen LogP contribution < -0.4 is 0 Å². The molecule has 0 spiro atoms. The van der Waals surface area contributed by atoms with Gasteiger partial charge in [0.1, 0.15) is 0 Å². The van der Waals surface area contributed by atoms with Gasteiger partial charge in [-0.05, 0) is 56.1 Å². The molecule has 0 aromatic carbocycles. The van der Waals surface area contributed by atoms with E-state index in [0.717, 1.165) is 43.3 Å². The number of unbranched alkanes of at least 4 members (excludes halogenated alkanes) is 8. The summed E-state index contributed by atoms with van der Waals surface area (Å²) in [6.07, 6.45) is 20.1. The molecule has 1 fully saturated rings. The second-order valence-corrected chi connectivity index (χ2v) is 6.34. The maximum Gasteiger partial charge on any atom is 0.184 e. The van der Waals surface area contributed by atoms with E-state index in [2.05, 4.69) is 26.0 Å². The lowest BCUT2D eigenvalue weighted by Crippen LogP contribution is -2.12. The molecule has 1 aliphatic carbocycles. The average Bonchev–Trinajstić information content (AvgIpc) is 2.50. The molecule has 1 saturated carbocycles. The first-order chi connectivity index (χ1) is 10.3. The Hall–Kier alpha value is -0.850. The molecular weight excluding hydrogens is 256 g/mol. The highest BCUT2D eigenvalue weighted by Crippen LogP contribution is 2.26. The van der Waals surface area contributed by atoms with Crippen molar-refractivity contribution in [3.63, 3.8) is 0 Å². The zero-order valence-corrected chi connectivity index (χ0v) is 14.3. The van der Waals surface area contributed by atoms with Gasteiger partial charge in [0.15, 0.2) is 5.78 Å². The quantitative estimate of drug-likeness (QED) is 0.330. The molecule has 0 aliphatic heterocycles. The first-order valence-corrected chi connectivity index (χ1v) is 9.22. The summed E-state index contributed by atoms with van der Waals surface area (Å²) in [5, 5.41) is 0. The number of ketones is 1. The zero-order chi connectivity index (χ0) is 15.3. The van der Waals surface area contributed by atoms with Crippen LogP contribution in [0.2, 0.25) is 0 Å². The van der Waals surface area contributed by atoms with Crippen LogP contribution in [0.5, 0.6) is 0 Å². The van der Waals surface area contributed by atoms with Crippen LogP contribution in [0, 0.1) is 0 Å². The predicted octanol–water partition coefficient (Wildman–Crippen LogP) is 6.53. The van der Waals surface area contributed by atoms with Gasteiger partial charge in [-0.2, -0.15) is 0 Å². The van der Waals surface area contributed by atoms with Crippen LogP contribution in [0.4, 0.5) is 0 Å². The molecule has 1 heteroatoms. The molecule has 0 aromatic heterocycles. The Morgan fingerprint density at radius 1 is 0.762 bits per heavy atom. The van der Waals surface area contributed by atoms with Crippen molar-refractivity contribution in [2.24, 2.45) is 0 Å². The van der Waals surface area contributed by atoms with Gasteiger partial charge < -0.3 is 0 Å². The highest BCUT2D eigenvalue weighted by Gasteiger charge is 2.19. The van der Waals surface area contributed by atoms with Gasteiger partial charge in [-0.15, -0.1) is 0 Å². The Balaban J connectivity index is 2.37. The third kappa shape index (κ3) is 7.64. The molecule has 0 bridgehead atoms. The van der Waals surface area contributed by atoms with E-state index in [1.807, 2.05) is 0 Å². The van der Waals surface area contributed by atoms with Gasteiger partial charge in [0.05, 0.1) is 0 Å². The summed E-state index contributed by atoms with van der Waals surface area (Å²) >= 11 is 0. The standard InChI is InChI=1S/C20H34O/c1-3-5-7-9-11-14-18-16-13-17-19(20(18)21)15-12-10-8-6-4-2/h14-15H,3-13,16-17H2,1-2H3/b18-14-,19-15+. The topological polar surface area (TPSA) is 17.1 Å². The molecule has 0 amide bonds. The molecule has 0 aromatic rings. The lowest BCUT2D eigenvalue weighted by Gasteiger charge is -2.16. The van der Waals surface area contributed by atoms with Crippen LogP contribution >= 0.6 is 0 Å². The van der Waals surface area contributed by atoms with Gasteiger partial charge >= 0.3 is 0 Å². The minimum atomic E-state index is 0.354. The Kier molecular flexibility index (Phi) is 10.2. The smallest absolute Gasteiger partial charge is 0.184 e. The highest BCUT2D eigenvalue weighted by molar-refractivity contribution is 6.08.